The molecule has 0 atom stereocenters. The minimum atomic E-state index is -0.731. The Hall–Kier alpha value is -1.22. The van der Waals surface area contributed by atoms with Crippen molar-refractivity contribution >= 4 is 23.3 Å². The van der Waals surface area contributed by atoms with Crippen molar-refractivity contribution in [2.24, 2.45) is 0 Å². The average Bonchev–Trinajstić information content (AvgIpc) is 2.27. The van der Waals surface area contributed by atoms with E-state index in [4.69, 9.17) is 16.7 Å². The fourth-order valence-corrected chi connectivity index (χ4v) is 1.75. The molecule has 0 saturated heterocycles. The summed E-state index contributed by atoms with van der Waals surface area (Å²) in [5, 5.41) is 9.30. The van der Waals surface area contributed by atoms with E-state index < -0.39 is 5.97 Å². The number of carboxylic acids is 1. The molecule has 0 aliphatic carbocycles. The van der Waals surface area contributed by atoms with Crippen molar-refractivity contribution < 1.29 is 9.90 Å². The number of hydrogen-bond donors (Lipinski definition) is 1. The van der Waals surface area contributed by atoms with Crippen molar-refractivity contribution in [1.82, 2.24) is 0 Å². The van der Waals surface area contributed by atoms with Gasteiger partial charge in [-0.3, -0.25) is 4.79 Å². The number of halogens is 1. The summed E-state index contributed by atoms with van der Waals surface area (Å²) in [4.78, 5) is 12.5. The van der Waals surface area contributed by atoms with E-state index >= 15 is 0 Å². The molecular weight excluding hydrogens is 238 g/mol. The largest absolute Gasteiger partial charge is 0.481 e. The quantitative estimate of drug-likeness (QED) is 0.793. The van der Waals surface area contributed by atoms with Gasteiger partial charge in [-0.15, -0.1) is 0 Å². The second kappa shape index (κ2) is 6.50. The molecular formula is C13H18ClNO2. The van der Waals surface area contributed by atoms with Crippen LogP contribution in [-0.2, 0) is 4.79 Å². The Balaban J connectivity index is 2.44. The SMILES string of the molecule is Cc1ccc(N(C)CCCCC(=O)O)cc1Cl. The van der Waals surface area contributed by atoms with E-state index in [1.54, 1.807) is 0 Å². The molecule has 1 N–H and O–H groups in total. The topological polar surface area (TPSA) is 40.5 Å². The number of unbranched alkanes of at least 4 members (excludes halogenated alkanes) is 1. The third-order valence-electron chi connectivity index (χ3n) is 2.73. The van der Waals surface area contributed by atoms with Crippen molar-refractivity contribution in [3.05, 3.63) is 28.8 Å². The maximum Gasteiger partial charge on any atom is 0.303 e. The van der Waals surface area contributed by atoms with Gasteiger partial charge in [0.2, 0.25) is 0 Å². The molecule has 3 nitrogen and oxygen atoms in total. The van der Waals surface area contributed by atoms with E-state index in [1.165, 1.54) is 0 Å². The molecule has 0 bridgehead atoms. The highest BCUT2D eigenvalue weighted by Crippen LogP contribution is 2.22. The minimum Gasteiger partial charge on any atom is -0.481 e. The first-order valence-corrected chi connectivity index (χ1v) is 6.07. The van der Waals surface area contributed by atoms with Crippen LogP contribution in [0, 0.1) is 6.92 Å². The lowest BCUT2D eigenvalue weighted by Gasteiger charge is -2.19. The number of carbonyl (C=O) groups is 1. The lowest BCUT2D eigenvalue weighted by molar-refractivity contribution is -0.137. The van der Waals surface area contributed by atoms with Crippen LogP contribution in [0.1, 0.15) is 24.8 Å². The van der Waals surface area contributed by atoms with E-state index in [1.807, 2.05) is 32.2 Å². The molecule has 1 rings (SSSR count). The fourth-order valence-electron chi connectivity index (χ4n) is 1.57. The molecule has 0 aliphatic rings. The van der Waals surface area contributed by atoms with Gasteiger partial charge in [0.1, 0.15) is 0 Å². The zero-order chi connectivity index (χ0) is 12.8. The maximum absolute atomic E-state index is 10.4. The summed E-state index contributed by atoms with van der Waals surface area (Å²) in [5.74, 6) is -0.731. The van der Waals surface area contributed by atoms with Crippen LogP contribution in [-0.4, -0.2) is 24.7 Å². The average molecular weight is 256 g/mol. The molecule has 1 aromatic carbocycles. The van der Waals surface area contributed by atoms with E-state index in [-0.39, 0.29) is 6.42 Å². The maximum atomic E-state index is 10.4. The Kier molecular flexibility index (Phi) is 5.29. The van der Waals surface area contributed by atoms with Crippen LogP contribution < -0.4 is 4.90 Å². The monoisotopic (exact) mass is 255 g/mol. The number of hydrogen-bond acceptors (Lipinski definition) is 2. The first kappa shape index (κ1) is 13.8. The van der Waals surface area contributed by atoms with Crippen LogP contribution in [0.5, 0.6) is 0 Å². The van der Waals surface area contributed by atoms with Crippen LogP contribution in [0.15, 0.2) is 18.2 Å². The van der Waals surface area contributed by atoms with Gasteiger partial charge in [0.05, 0.1) is 0 Å². The summed E-state index contributed by atoms with van der Waals surface area (Å²) >= 11 is 6.06. The van der Waals surface area contributed by atoms with E-state index in [0.717, 1.165) is 29.2 Å². The van der Waals surface area contributed by atoms with Crippen molar-refractivity contribution in [2.75, 3.05) is 18.5 Å². The van der Waals surface area contributed by atoms with Crippen molar-refractivity contribution in [3.8, 4) is 0 Å². The summed E-state index contributed by atoms with van der Waals surface area (Å²) in [6.45, 7) is 2.81. The van der Waals surface area contributed by atoms with E-state index in [2.05, 4.69) is 4.90 Å². The van der Waals surface area contributed by atoms with Crippen LogP contribution >= 0.6 is 11.6 Å². The minimum absolute atomic E-state index is 0.239. The summed E-state index contributed by atoms with van der Waals surface area (Å²) in [5.41, 5.74) is 2.13. The van der Waals surface area contributed by atoms with Gasteiger partial charge >= 0.3 is 5.97 Å². The lowest BCUT2D eigenvalue weighted by Crippen LogP contribution is -2.18. The van der Waals surface area contributed by atoms with E-state index in [9.17, 15) is 4.79 Å². The molecule has 0 heterocycles. The number of aliphatic carboxylic acids is 1. The van der Waals surface area contributed by atoms with Gasteiger partial charge in [-0.05, 0) is 37.5 Å². The second-order valence-corrected chi connectivity index (χ2v) is 4.61. The summed E-state index contributed by atoms with van der Waals surface area (Å²) in [6, 6.07) is 5.96. The Morgan fingerprint density at radius 2 is 2.12 bits per heavy atom. The van der Waals surface area contributed by atoms with Crippen molar-refractivity contribution in [3.63, 3.8) is 0 Å². The third-order valence-corrected chi connectivity index (χ3v) is 3.14. The number of aryl methyl sites for hydroxylation is 1. The van der Waals surface area contributed by atoms with Gasteiger partial charge < -0.3 is 10.0 Å². The Morgan fingerprint density at radius 1 is 1.41 bits per heavy atom. The molecule has 0 spiro atoms. The highest BCUT2D eigenvalue weighted by atomic mass is 35.5. The fraction of sp³-hybridized carbons (Fsp3) is 0.462. The number of anilines is 1. The lowest BCUT2D eigenvalue weighted by atomic mass is 10.2. The molecule has 0 aromatic heterocycles. The summed E-state index contributed by atoms with van der Waals surface area (Å²) in [7, 11) is 1.99. The Morgan fingerprint density at radius 3 is 2.71 bits per heavy atom. The molecule has 94 valence electrons. The Labute approximate surface area is 107 Å². The molecule has 0 aliphatic heterocycles. The van der Waals surface area contributed by atoms with Crippen LogP contribution in [0.3, 0.4) is 0 Å². The van der Waals surface area contributed by atoms with Gasteiger partial charge in [0.25, 0.3) is 0 Å². The van der Waals surface area contributed by atoms with Gasteiger partial charge in [-0.2, -0.15) is 0 Å². The van der Waals surface area contributed by atoms with Crippen LogP contribution in [0.4, 0.5) is 5.69 Å². The molecule has 0 unspecified atom stereocenters. The zero-order valence-electron chi connectivity index (χ0n) is 10.2. The van der Waals surface area contributed by atoms with Crippen LogP contribution in [0.2, 0.25) is 5.02 Å². The van der Waals surface area contributed by atoms with Gasteiger partial charge in [0.15, 0.2) is 0 Å². The Bertz CT molecular complexity index is 393. The van der Waals surface area contributed by atoms with Gasteiger partial charge in [-0.25, -0.2) is 0 Å². The highest BCUT2D eigenvalue weighted by Gasteiger charge is 2.04. The molecule has 0 saturated carbocycles. The van der Waals surface area contributed by atoms with Crippen molar-refractivity contribution in [2.45, 2.75) is 26.2 Å². The number of benzene rings is 1. The third kappa shape index (κ3) is 4.65. The predicted molar refractivity (Wildman–Crippen MR) is 70.9 cm³/mol. The molecule has 17 heavy (non-hydrogen) atoms. The standard InChI is InChI=1S/C13H18ClNO2/c1-10-6-7-11(9-12(10)14)15(2)8-4-3-5-13(16)17/h6-7,9H,3-5,8H2,1-2H3,(H,16,17). The molecule has 0 fully saturated rings. The molecule has 4 heteroatoms. The normalized spacial score (nSPS) is 10.3. The second-order valence-electron chi connectivity index (χ2n) is 4.21. The molecule has 0 radical (unpaired) electrons. The number of rotatable bonds is 6. The van der Waals surface area contributed by atoms with Crippen molar-refractivity contribution in [1.29, 1.82) is 0 Å². The van der Waals surface area contributed by atoms with E-state index in [0.29, 0.717) is 6.42 Å². The molecule has 1 aromatic rings. The molecule has 0 amide bonds. The van der Waals surface area contributed by atoms with Gasteiger partial charge in [-0.1, -0.05) is 17.7 Å². The zero-order valence-corrected chi connectivity index (χ0v) is 11.0. The summed E-state index contributed by atoms with van der Waals surface area (Å²) < 4.78 is 0. The van der Waals surface area contributed by atoms with Crippen LogP contribution in [0.25, 0.3) is 0 Å². The predicted octanol–water partition coefficient (Wildman–Crippen LogP) is 3.34. The smallest absolute Gasteiger partial charge is 0.303 e. The summed E-state index contributed by atoms with van der Waals surface area (Å²) in [6.07, 6.45) is 1.82. The number of nitrogens with zero attached hydrogens (tertiary/aromatic N) is 1. The first-order chi connectivity index (χ1) is 8.00. The first-order valence-electron chi connectivity index (χ1n) is 5.70. The number of carboxylic acid groups (broad SMARTS) is 1. The van der Waals surface area contributed by atoms with Gasteiger partial charge in [0, 0.05) is 30.7 Å². The highest BCUT2D eigenvalue weighted by molar-refractivity contribution is 6.31.